The fourth-order valence-electron chi connectivity index (χ4n) is 2.66. The maximum Gasteiger partial charge on any atom is 0.313 e. The summed E-state index contributed by atoms with van der Waals surface area (Å²) in [6, 6.07) is 7.55. The second kappa shape index (κ2) is 6.55. The van der Waals surface area contributed by atoms with Gasteiger partial charge in [-0.05, 0) is 37.3 Å². The summed E-state index contributed by atoms with van der Waals surface area (Å²) in [7, 11) is 0. The summed E-state index contributed by atoms with van der Waals surface area (Å²) in [4.78, 5) is 23.9. The Hall–Kier alpha value is -1.84. The van der Waals surface area contributed by atoms with Gasteiger partial charge in [0.2, 0.25) is 0 Å². The average molecular weight is 274 g/mol. The molecule has 2 rings (SSSR count). The Morgan fingerprint density at radius 1 is 1.10 bits per heavy atom. The van der Waals surface area contributed by atoms with Crippen LogP contribution in [-0.2, 0) is 9.59 Å². The number of hydrogen-bond acceptors (Lipinski definition) is 2. The molecule has 2 N–H and O–H groups in total. The van der Waals surface area contributed by atoms with Gasteiger partial charge in [-0.25, -0.2) is 0 Å². The molecule has 0 radical (unpaired) electrons. The lowest BCUT2D eigenvalue weighted by Gasteiger charge is -2.29. The lowest BCUT2D eigenvalue weighted by Crippen LogP contribution is -2.45. The van der Waals surface area contributed by atoms with Crippen molar-refractivity contribution in [3.63, 3.8) is 0 Å². The first kappa shape index (κ1) is 14.6. The molecule has 2 amide bonds. The second-order valence-corrected chi connectivity index (χ2v) is 5.61. The van der Waals surface area contributed by atoms with Crippen LogP contribution in [0.25, 0.3) is 0 Å². The molecule has 0 bridgehead atoms. The van der Waals surface area contributed by atoms with E-state index in [1.165, 1.54) is 6.42 Å². The van der Waals surface area contributed by atoms with E-state index in [4.69, 9.17) is 0 Å². The van der Waals surface area contributed by atoms with Crippen LogP contribution < -0.4 is 10.6 Å². The summed E-state index contributed by atoms with van der Waals surface area (Å²) in [6.07, 6.45) is 4.41. The lowest BCUT2D eigenvalue weighted by molar-refractivity contribution is -0.137. The summed E-state index contributed by atoms with van der Waals surface area (Å²) in [5.41, 5.74) is 1.63. The molecule has 1 aromatic carbocycles. The predicted molar refractivity (Wildman–Crippen MR) is 79.4 cm³/mol. The van der Waals surface area contributed by atoms with Crippen LogP contribution in [0.2, 0.25) is 0 Å². The Morgan fingerprint density at radius 3 is 2.50 bits per heavy atom. The van der Waals surface area contributed by atoms with E-state index in [1.807, 2.05) is 25.1 Å². The van der Waals surface area contributed by atoms with Gasteiger partial charge in [-0.2, -0.15) is 0 Å². The average Bonchev–Trinajstić information content (AvgIpc) is 2.43. The van der Waals surface area contributed by atoms with E-state index in [2.05, 4.69) is 17.6 Å². The highest BCUT2D eigenvalue weighted by Crippen LogP contribution is 2.23. The molecule has 108 valence electrons. The molecular formula is C16H22N2O2. The summed E-state index contributed by atoms with van der Waals surface area (Å²) < 4.78 is 0. The summed E-state index contributed by atoms with van der Waals surface area (Å²) >= 11 is 0. The van der Waals surface area contributed by atoms with E-state index in [-0.39, 0.29) is 6.04 Å². The van der Waals surface area contributed by atoms with Gasteiger partial charge in [0.15, 0.2) is 0 Å². The Balaban J connectivity index is 1.92. The van der Waals surface area contributed by atoms with Gasteiger partial charge in [0.25, 0.3) is 0 Å². The zero-order chi connectivity index (χ0) is 14.5. The van der Waals surface area contributed by atoms with Gasteiger partial charge in [-0.3, -0.25) is 9.59 Å². The smallest absolute Gasteiger partial charge is 0.313 e. The standard InChI is InChI=1S/C16H22N2O2/c1-11-7-3-5-9-13(11)17-15(19)16(20)18-14-10-6-4-8-12(14)2/h3,5,7,9,12,14H,4,6,8,10H2,1-2H3,(H,17,19)(H,18,20)/t12-,14-/m1/s1. The van der Waals surface area contributed by atoms with Crippen molar-refractivity contribution in [2.45, 2.75) is 45.6 Å². The number of carbonyl (C=O) groups excluding carboxylic acids is 2. The van der Waals surface area contributed by atoms with Crippen LogP contribution in [0, 0.1) is 12.8 Å². The first-order valence-corrected chi connectivity index (χ1v) is 7.25. The van der Waals surface area contributed by atoms with E-state index in [1.54, 1.807) is 6.07 Å². The predicted octanol–water partition coefficient (Wildman–Crippen LogP) is 2.63. The van der Waals surface area contributed by atoms with E-state index in [0.717, 1.165) is 24.8 Å². The van der Waals surface area contributed by atoms with Crippen LogP contribution in [0.3, 0.4) is 0 Å². The van der Waals surface area contributed by atoms with Gasteiger partial charge in [0.05, 0.1) is 0 Å². The van der Waals surface area contributed by atoms with Crippen molar-refractivity contribution in [3.05, 3.63) is 29.8 Å². The highest BCUT2D eigenvalue weighted by atomic mass is 16.2. The maximum absolute atomic E-state index is 11.9. The van der Waals surface area contributed by atoms with Crippen molar-refractivity contribution in [2.75, 3.05) is 5.32 Å². The molecule has 2 atom stereocenters. The van der Waals surface area contributed by atoms with E-state index in [0.29, 0.717) is 11.6 Å². The van der Waals surface area contributed by atoms with Crippen molar-refractivity contribution in [2.24, 2.45) is 5.92 Å². The van der Waals surface area contributed by atoms with Crippen LogP contribution in [0.15, 0.2) is 24.3 Å². The van der Waals surface area contributed by atoms with Crippen LogP contribution in [0.4, 0.5) is 5.69 Å². The van der Waals surface area contributed by atoms with Crippen LogP contribution in [0.5, 0.6) is 0 Å². The third-order valence-corrected chi connectivity index (χ3v) is 4.03. The molecule has 4 heteroatoms. The topological polar surface area (TPSA) is 58.2 Å². The summed E-state index contributed by atoms with van der Waals surface area (Å²) in [5, 5.41) is 5.52. The molecule has 1 aliphatic carbocycles. The lowest BCUT2D eigenvalue weighted by atomic mass is 9.86. The number of benzene rings is 1. The number of hydrogen-bond donors (Lipinski definition) is 2. The number of carbonyl (C=O) groups is 2. The minimum absolute atomic E-state index is 0.124. The minimum Gasteiger partial charge on any atom is -0.345 e. The van der Waals surface area contributed by atoms with E-state index >= 15 is 0 Å². The van der Waals surface area contributed by atoms with Crippen molar-refractivity contribution >= 4 is 17.5 Å². The molecule has 0 aliphatic heterocycles. The Morgan fingerprint density at radius 2 is 1.80 bits per heavy atom. The normalized spacial score (nSPS) is 22.1. The third-order valence-electron chi connectivity index (χ3n) is 4.03. The van der Waals surface area contributed by atoms with Crippen molar-refractivity contribution in [1.29, 1.82) is 0 Å². The number of aryl methyl sites for hydroxylation is 1. The van der Waals surface area contributed by atoms with Gasteiger partial charge in [0.1, 0.15) is 0 Å². The number of nitrogens with one attached hydrogen (secondary N) is 2. The fraction of sp³-hybridized carbons (Fsp3) is 0.500. The molecule has 4 nitrogen and oxygen atoms in total. The zero-order valence-corrected chi connectivity index (χ0v) is 12.1. The second-order valence-electron chi connectivity index (χ2n) is 5.61. The highest BCUT2D eigenvalue weighted by Gasteiger charge is 2.25. The molecule has 0 heterocycles. The van der Waals surface area contributed by atoms with Crippen LogP contribution in [-0.4, -0.2) is 17.9 Å². The fourth-order valence-corrected chi connectivity index (χ4v) is 2.66. The number of para-hydroxylation sites is 1. The molecule has 0 aromatic heterocycles. The number of amides is 2. The zero-order valence-electron chi connectivity index (χ0n) is 12.1. The number of rotatable bonds is 2. The highest BCUT2D eigenvalue weighted by molar-refractivity contribution is 6.39. The Bertz CT molecular complexity index is 499. The van der Waals surface area contributed by atoms with E-state index in [9.17, 15) is 9.59 Å². The SMILES string of the molecule is Cc1ccccc1NC(=O)C(=O)N[C@@H]1CCCC[C@H]1C. The summed E-state index contributed by atoms with van der Waals surface area (Å²) in [6.45, 7) is 4.03. The first-order valence-electron chi connectivity index (χ1n) is 7.25. The number of anilines is 1. The molecular weight excluding hydrogens is 252 g/mol. The van der Waals surface area contributed by atoms with Crippen LogP contribution in [0.1, 0.15) is 38.2 Å². The van der Waals surface area contributed by atoms with Gasteiger partial charge in [-0.15, -0.1) is 0 Å². The van der Waals surface area contributed by atoms with Gasteiger partial charge >= 0.3 is 11.8 Å². The van der Waals surface area contributed by atoms with E-state index < -0.39 is 11.8 Å². The van der Waals surface area contributed by atoms with Crippen molar-refractivity contribution in [3.8, 4) is 0 Å². The van der Waals surface area contributed by atoms with Crippen molar-refractivity contribution in [1.82, 2.24) is 5.32 Å². The monoisotopic (exact) mass is 274 g/mol. The Labute approximate surface area is 119 Å². The molecule has 1 aromatic rings. The molecule has 0 spiro atoms. The van der Waals surface area contributed by atoms with Gasteiger partial charge < -0.3 is 10.6 Å². The third kappa shape index (κ3) is 3.59. The maximum atomic E-state index is 11.9. The molecule has 0 saturated heterocycles. The van der Waals surface area contributed by atoms with Gasteiger partial charge in [-0.1, -0.05) is 38.0 Å². The Kier molecular flexibility index (Phi) is 4.77. The quantitative estimate of drug-likeness (QED) is 0.814. The molecule has 1 saturated carbocycles. The largest absolute Gasteiger partial charge is 0.345 e. The first-order chi connectivity index (χ1) is 9.58. The van der Waals surface area contributed by atoms with Crippen LogP contribution >= 0.6 is 0 Å². The molecule has 0 unspecified atom stereocenters. The van der Waals surface area contributed by atoms with Crippen molar-refractivity contribution < 1.29 is 9.59 Å². The summed E-state index contributed by atoms with van der Waals surface area (Å²) in [5.74, 6) is -0.678. The van der Waals surface area contributed by atoms with Gasteiger partial charge in [0, 0.05) is 11.7 Å². The minimum atomic E-state index is -0.586. The molecule has 1 fully saturated rings. The molecule has 1 aliphatic rings. The molecule has 20 heavy (non-hydrogen) atoms.